The minimum absolute atomic E-state index is 0.219. The van der Waals surface area contributed by atoms with E-state index in [4.69, 9.17) is 5.73 Å². The fourth-order valence-electron chi connectivity index (χ4n) is 2.02. The minimum atomic E-state index is 0.219. The molecule has 0 amide bonds. The zero-order valence-electron chi connectivity index (χ0n) is 8.73. The molecule has 2 heteroatoms. The third-order valence-electron chi connectivity index (χ3n) is 2.97. The van der Waals surface area contributed by atoms with Crippen LogP contribution in [0.1, 0.15) is 39.0 Å². The van der Waals surface area contributed by atoms with Crippen molar-refractivity contribution in [3.8, 4) is 0 Å². The molecule has 0 aromatic heterocycles. The van der Waals surface area contributed by atoms with E-state index in [0.29, 0.717) is 0 Å². The Morgan fingerprint density at radius 2 is 2.00 bits per heavy atom. The van der Waals surface area contributed by atoms with Gasteiger partial charge >= 0.3 is 0 Å². The highest BCUT2D eigenvalue weighted by atomic mass is 15.0. The van der Waals surface area contributed by atoms with Crippen LogP contribution in [0.2, 0.25) is 0 Å². The van der Waals surface area contributed by atoms with E-state index in [-0.39, 0.29) is 5.54 Å². The Balaban J connectivity index is 2.42. The maximum Gasteiger partial charge on any atom is 0.0306 e. The van der Waals surface area contributed by atoms with E-state index < -0.39 is 0 Å². The van der Waals surface area contributed by atoms with Gasteiger partial charge in [0.1, 0.15) is 0 Å². The molecule has 1 aliphatic rings. The Hall–Kier alpha value is -0.340. The topological polar surface area (TPSA) is 38.0 Å². The van der Waals surface area contributed by atoms with Gasteiger partial charge in [0.2, 0.25) is 0 Å². The Morgan fingerprint density at radius 1 is 1.38 bits per heavy atom. The van der Waals surface area contributed by atoms with Crippen LogP contribution < -0.4 is 11.1 Å². The normalized spacial score (nSPS) is 21.4. The predicted octanol–water partition coefficient (Wildman–Crippen LogP) is 1.81. The summed E-state index contributed by atoms with van der Waals surface area (Å²) in [6.07, 6.45) is 6.48. The van der Waals surface area contributed by atoms with Crippen LogP contribution in [0.25, 0.3) is 0 Å². The Labute approximate surface area is 81.6 Å². The fraction of sp³-hybridized carbons (Fsp3) is 0.818. The SMILES string of the molecule is C=C(C)CNC1(CN)CCCCC1. The van der Waals surface area contributed by atoms with E-state index in [1.807, 2.05) is 0 Å². The molecule has 0 aromatic rings. The van der Waals surface area contributed by atoms with Crippen LogP contribution in [0.15, 0.2) is 12.2 Å². The fourth-order valence-corrected chi connectivity index (χ4v) is 2.02. The maximum absolute atomic E-state index is 5.83. The summed E-state index contributed by atoms with van der Waals surface area (Å²) >= 11 is 0. The summed E-state index contributed by atoms with van der Waals surface area (Å²) in [5, 5.41) is 3.56. The summed E-state index contributed by atoms with van der Waals surface area (Å²) in [6, 6.07) is 0. The highest BCUT2D eigenvalue weighted by molar-refractivity contribution is 4.98. The molecule has 1 fully saturated rings. The molecule has 0 atom stereocenters. The number of nitrogens with two attached hydrogens (primary N) is 1. The zero-order valence-corrected chi connectivity index (χ0v) is 8.73. The molecule has 0 aliphatic heterocycles. The van der Waals surface area contributed by atoms with Gasteiger partial charge in [-0.3, -0.25) is 0 Å². The van der Waals surface area contributed by atoms with Crippen molar-refractivity contribution in [3.05, 3.63) is 12.2 Å². The van der Waals surface area contributed by atoms with E-state index in [9.17, 15) is 0 Å². The molecule has 0 unspecified atom stereocenters. The van der Waals surface area contributed by atoms with Gasteiger partial charge in [0.25, 0.3) is 0 Å². The van der Waals surface area contributed by atoms with Gasteiger partial charge < -0.3 is 11.1 Å². The van der Waals surface area contributed by atoms with E-state index >= 15 is 0 Å². The van der Waals surface area contributed by atoms with Crippen molar-refractivity contribution >= 4 is 0 Å². The molecule has 3 N–H and O–H groups in total. The minimum Gasteiger partial charge on any atom is -0.329 e. The first-order valence-electron chi connectivity index (χ1n) is 5.28. The van der Waals surface area contributed by atoms with Crippen molar-refractivity contribution in [3.63, 3.8) is 0 Å². The average Bonchev–Trinajstić information content (AvgIpc) is 2.16. The van der Waals surface area contributed by atoms with Gasteiger partial charge in [-0.05, 0) is 19.8 Å². The van der Waals surface area contributed by atoms with Crippen molar-refractivity contribution in [2.24, 2.45) is 5.73 Å². The van der Waals surface area contributed by atoms with Gasteiger partial charge in [-0.1, -0.05) is 31.4 Å². The second-order valence-corrected chi connectivity index (χ2v) is 4.36. The molecule has 1 saturated carbocycles. The smallest absolute Gasteiger partial charge is 0.0306 e. The Morgan fingerprint density at radius 3 is 2.46 bits per heavy atom. The quantitative estimate of drug-likeness (QED) is 0.651. The molecule has 0 radical (unpaired) electrons. The van der Waals surface area contributed by atoms with Crippen LogP contribution in [0.4, 0.5) is 0 Å². The van der Waals surface area contributed by atoms with Crippen molar-refractivity contribution in [1.29, 1.82) is 0 Å². The molecule has 1 aliphatic carbocycles. The lowest BCUT2D eigenvalue weighted by atomic mass is 9.81. The number of hydrogen-bond acceptors (Lipinski definition) is 2. The Bertz CT molecular complexity index is 169. The van der Waals surface area contributed by atoms with E-state index in [2.05, 4.69) is 18.8 Å². The van der Waals surface area contributed by atoms with Crippen molar-refractivity contribution in [2.45, 2.75) is 44.6 Å². The molecular formula is C11H22N2. The Kier molecular flexibility index (Phi) is 3.94. The summed E-state index contributed by atoms with van der Waals surface area (Å²) in [4.78, 5) is 0. The van der Waals surface area contributed by atoms with Crippen molar-refractivity contribution in [2.75, 3.05) is 13.1 Å². The van der Waals surface area contributed by atoms with Crippen LogP contribution in [0.3, 0.4) is 0 Å². The summed E-state index contributed by atoms with van der Waals surface area (Å²) in [5.74, 6) is 0. The standard InChI is InChI=1S/C11H22N2/c1-10(2)8-13-11(9-12)6-4-3-5-7-11/h13H,1,3-9,12H2,2H3. The highest BCUT2D eigenvalue weighted by Crippen LogP contribution is 2.27. The molecule has 0 spiro atoms. The molecular weight excluding hydrogens is 160 g/mol. The largest absolute Gasteiger partial charge is 0.329 e. The monoisotopic (exact) mass is 182 g/mol. The van der Waals surface area contributed by atoms with E-state index in [0.717, 1.165) is 13.1 Å². The van der Waals surface area contributed by atoms with Crippen LogP contribution in [-0.4, -0.2) is 18.6 Å². The summed E-state index contributed by atoms with van der Waals surface area (Å²) in [6.45, 7) is 7.64. The third kappa shape index (κ3) is 3.12. The number of hydrogen-bond donors (Lipinski definition) is 2. The van der Waals surface area contributed by atoms with Gasteiger partial charge in [-0.2, -0.15) is 0 Å². The van der Waals surface area contributed by atoms with Gasteiger partial charge in [-0.25, -0.2) is 0 Å². The number of rotatable bonds is 4. The lowest BCUT2D eigenvalue weighted by Gasteiger charge is -2.37. The average molecular weight is 182 g/mol. The second-order valence-electron chi connectivity index (χ2n) is 4.36. The van der Waals surface area contributed by atoms with Crippen LogP contribution >= 0.6 is 0 Å². The van der Waals surface area contributed by atoms with Gasteiger partial charge in [-0.15, -0.1) is 0 Å². The van der Waals surface area contributed by atoms with Gasteiger partial charge in [0.05, 0.1) is 0 Å². The first-order valence-corrected chi connectivity index (χ1v) is 5.28. The second kappa shape index (κ2) is 4.77. The van der Waals surface area contributed by atoms with E-state index in [1.54, 1.807) is 0 Å². The molecule has 0 bridgehead atoms. The van der Waals surface area contributed by atoms with Crippen molar-refractivity contribution < 1.29 is 0 Å². The van der Waals surface area contributed by atoms with Crippen molar-refractivity contribution in [1.82, 2.24) is 5.32 Å². The van der Waals surface area contributed by atoms with Gasteiger partial charge in [0, 0.05) is 18.6 Å². The molecule has 76 valence electrons. The lowest BCUT2D eigenvalue weighted by Crippen LogP contribution is -2.52. The maximum atomic E-state index is 5.83. The summed E-state index contributed by atoms with van der Waals surface area (Å²) in [5.41, 5.74) is 7.24. The zero-order chi connectivity index (χ0) is 9.73. The molecule has 0 saturated heterocycles. The van der Waals surface area contributed by atoms with Gasteiger partial charge in [0.15, 0.2) is 0 Å². The molecule has 1 rings (SSSR count). The first-order chi connectivity index (χ1) is 6.18. The molecule has 0 aromatic carbocycles. The number of nitrogens with one attached hydrogen (secondary N) is 1. The molecule has 0 heterocycles. The highest BCUT2D eigenvalue weighted by Gasteiger charge is 2.29. The summed E-state index contributed by atoms with van der Waals surface area (Å²) < 4.78 is 0. The summed E-state index contributed by atoms with van der Waals surface area (Å²) in [7, 11) is 0. The van der Waals surface area contributed by atoms with E-state index in [1.165, 1.54) is 37.7 Å². The third-order valence-corrected chi connectivity index (χ3v) is 2.97. The van der Waals surface area contributed by atoms with Crippen LogP contribution in [0.5, 0.6) is 0 Å². The lowest BCUT2D eigenvalue weighted by molar-refractivity contribution is 0.245. The molecule has 2 nitrogen and oxygen atoms in total. The molecule has 13 heavy (non-hydrogen) atoms. The van der Waals surface area contributed by atoms with Crippen LogP contribution in [0, 0.1) is 0 Å². The van der Waals surface area contributed by atoms with Crippen LogP contribution in [-0.2, 0) is 0 Å². The predicted molar refractivity (Wildman–Crippen MR) is 57.7 cm³/mol. The first kappa shape index (κ1) is 10.7.